The topological polar surface area (TPSA) is 39.2 Å². The lowest BCUT2D eigenvalue weighted by atomic mass is 10.1. The second kappa shape index (κ2) is 6.99. The summed E-state index contributed by atoms with van der Waals surface area (Å²) < 4.78 is 5.44. The predicted molar refractivity (Wildman–Crippen MR) is 92.2 cm³/mol. The van der Waals surface area contributed by atoms with Gasteiger partial charge >= 0.3 is 5.97 Å². The minimum atomic E-state index is -0.325. The largest absolute Gasteiger partial charge is 0.424 e. The Kier molecular flexibility index (Phi) is 4.79. The van der Waals surface area contributed by atoms with Gasteiger partial charge in [-0.15, -0.1) is 0 Å². The van der Waals surface area contributed by atoms with Gasteiger partial charge in [-0.2, -0.15) is 0 Å². The highest BCUT2D eigenvalue weighted by Gasteiger charge is 2.10. The number of hydrogen-bond donors (Lipinski definition) is 0. The van der Waals surface area contributed by atoms with Crippen molar-refractivity contribution in [2.24, 2.45) is 0 Å². The van der Waals surface area contributed by atoms with Crippen molar-refractivity contribution in [1.82, 2.24) is 4.98 Å². The van der Waals surface area contributed by atoms with Crippen LogP contribution in [0.3, 0.4) is 0 Å². The highest BCUT2D eigenvalue weighted by molar-refractivity contribution is 6.35. The summed E-state index contributed by atoms with van der Waals surface area (Å²) in [4.78, 5) is 16.4. The number of esters is 1. The lowest BCUT2D eigenvalue weighted by Crippen LogP contribution is -2.09. The van der Waals surface area contributed by atoms with Crippen LogP contribution in [0.5, 0.6) is 5.75 Å². The zero-order valence-electron chi connectivity index (χ0n) is 12.1. The molecule has 1 aromatic heterocycles. The number of nitrogens with zero attached hydrogens (tertiary/aromatic N) is 1. The van der Waals surface area contributed by atoms with E-state index in [4.69, 9.17) is 27.9 Å². The fraction of sp³-hybridized carbons (Fsp3) is 0.111. The molecule has 0 aliphatic carbocycles. The third-order valence-corrected chi connectivity index (χ3v) is 4.02. The SMILES string of the molecule is O=C(CCc1ccc(Cl)cc1Cl)Oc1cccc2cccnc12. The molecule has 0 saturated heterocycles. The summed E-state index contributed by atoms with van der Waals surface area (Å²) in [5.74, 6) is 0.143. The number of rotatable bonds is 4. The molecule has 0 radical (unpaired) electrons. The Morgan fingerprint density at radius 2 is 1.91 bits per heavy atom. The fourth-order valence-electron chi connectivity index (χ4n) is 2.29. The van der Waals surface area contributed by atoms with Crippen LogP contribution in [0.4, 0.5) is 0 Å². The number of aryl methyl sites for hydroxylation is 1. The summed E-state index contributed by atoms with van der Waals surface area (Å²) in [5.41, 5.74) is 1.54. The Labute approximate surface area is 143 Å². The molecule has 0 N–H and O–H groups in total. The maximum Gasteiger partial charge on any atom is 0.311 e. The highest BCUT2D eigenvalue weighted by Crippen LogP contribution is 2.25. The van der Waals surface area contributed by atoms with E-state index in [9.17, 15) is 4.79 Å². The molecule has 116 valence electrons. The average molecular weight is 346 g/mol. The number of halogens is 2. The van der Waals surface area contributed by atoms with E-state index < -0.39 is 0 Å². The van der Waals surface area contributed by atoms with Crippen LogP contribution in [-0.2, 0) is 11.2 Å². The number of hydrogen-bond acceptors (Lipinski definition) is 3. The lowest BCUT2D eigenvalue weighted by Gasteiger charge is -2.08. The van der Waals surface area contributed by atoms with Crippen LogP contribution in [0.1, 0.15) is 12.0 Å². The Morgan fingerprint density at radius 3 is 2.74 bits per heavy atom. The van der Waals surface area contributed by atoms with Gasteiger partial charge in [0.05, 0.1) is 6.42 Å². The van der Waals surface area contributed by atoms with Crippen molar-refractivity contribution in [3.63, 3.8) is 0 Å². The van der Waals surface area contributed by atoms with Crippen LogP contribution in [0.15, 0.2) is 54.7 Å². The quantitative estimate of drug-likeness (QED) is 0.488. The predicted octanol–water partition coefficient (Wildman–Crippen LogP) is 5.08. The van der Waals surface area contributed by atoms with Crippen molar-refractivity contribution in [3.05, 3.63) is 70.3 Å². The fourth-order valence-corrected chi connectivity index (χ4v) is 2.80. The number of pyridine rings is 1. The van der Waals surface area contributed by atoms with E-state index in [0.717, 1.165) is 10.9 Å². The van der Waals surface area contributed by atoms with Crippen molar-refractivity contribution >= 4 is 40.1 Å². The minimum Gasteiger partial charge on any atom is -0.424 e. The zero-order chi connectivity index (χ0) is 16.2. The molecule has 0 aliphatic rings. The molecular weight excluding hydrogens is 333 g/mol. The maximum absolute atomic E-state index is 12.1. The summed E-state index contributed by atoms with van der Waals surface area (Å²) in [6.45, 7) is 0. The Balaban J connectivity index is 1.69. The van der Waals surface area contributed by atoms with Crippen molar-refractivity contribution in [1.29, 1.82) is 0 Å². The van der Waals surface area contributed by atoms with Crippen molar-refractivity contribution in [2.75, 3.05) is 0 Å². The first-order valence-electron chi connectivity index (χ1n) is 7.12. The number of para-hydroxylation sites is 1. The molecule has 0 amide bonds. The summed E-state index contributed by atoms with van der Waals surface area (Å²) in [7, 11) is 0. The summed E-state index contributed by atoms with van der Waals surface area (Å²) in [6.07, 6.45) is 2.39. The molecule has 2 aromatic carbocycles. The van der Waals surface area contributed by atoms with Gasteiger partial charge in [-0.3, -0.25) is 9.78 Å². The number of aromatic nitrogens is 1. The molecule has 3 aromatic rings. The standard InChI is InChI=1S/C18H13Cl2NO2/c19-14-8-6-12(15(20)11-14)7-9-17(22)23-16-5-1-3-13-4-2-10-21-18(13)16/h1-6,8,10-11H,7,9H2. The van der Waals surface area contributed by atoms with Crippen LogP contribution >= 0.6 is 23.2 Å². The molecule has 0 aliphatic heterocycles. The maximum atomic E-state index is 12.1. The Morgan fingerprint density at radius 1 is 1.09 bits per heavy atom. The van der Waals surface area contributed by atoms with Gasteiger partial charge in [-0.05, 0) is 36.2 Å². The van der Waals surface area contributed by atoms with Gasteiger partial charge in [0.1, 0.15) is 5.52 Å². The summed E-state index contributed by atoms with van der Waals surface area (Å²) in [5, 5.41) is 2.05. The molecule has 0 unspecified atom stereocenters. The smallest absolute Gasteiger partial charge is 0.311 e. The number of carbonyl (C=O) groups excluding carboxylic acids is 1. The number of ether oxygens (including phenoxy) is 1. The Bertz CT molecular complexity index is 859. The summed E-state index contributed by atoms with van der Waals surface area (Å²) in [6, 6.07) is 14.5. The third kappa shape index (κ3) is 3.81. The van der Waals surface area contributed by atoms with E-state index in [1.807, 2.05) is 30.3 Å². The molecular formula is C18H13Cl2NO2. The Hall–Kier alpha value is -2.10. The van der Waals surface area contributed by atoms with E-state index in [1.165, 1.54) is 0 Å². The molecule has 0 fully saturated rings. The first-order chi connectivity index (χ1) is 11.1. The minimum absolute atomic E-state index is 0.227. The third-order valence-electron chi connectivity index (χ3n) is 3.43. The van der Waals surface area contributed by atoms with Crippen LogP contribution < -0.4 is 4.74 Å². The van der Waals surface area contributed by atoms with Gasteiger partial charge in [0, 0.05) is 21.6 Å². The first-order valence-corrected chi connectivity index (χ1v) is 7.87. The highest BCUT2D eigenvalue weighted by atomic mass is 35.5. The molecule has 0 spiro atoms. The van der Waals surface area contributed by atoms with Gasteiger partial charge in [0.15, 0.2) is 5.75 Å². The van der Waals surface area contributed by atoms with Crippen LogP contribution in [0.2, 0.25) is 10.0 Å². The van der Waals surface area contributed by atoms with Gasteiger partial charge in [-0.1, -0.05) is 47.5 Å². The zero-order valence-corrected chi connectivity index (χ0v) is 13.6. The van der Waals surface area contributed by atoms with Gasteiger partial charge in [0.25, 0.3) is 0 Å². The normalized spacial score (nSPS) is 10.7. The van der Waals surface area contributed by atoms with Crippen molar-refractivity contribution in [3.8, 4) is 5.75 Å². The van der Waals surface area contributed by atoms with Crippen LogP contribution in [0.25, 0.3) is 10.9 Å². The molecule has 0 atom stereocenters. The average Bonchev–Trinajstić information content (AvgIpc) is 2.54. The van der Waals surface area contributed by atoms with Crippen LogP contribution in [-0.4, -0.2) is 11.0 Å². The van der Waals surface area contributed by atoms with E-state index in [0.29, 0.717) is 27.7 Å². The van der Waals surface area contributed by atoms with E-state index in [1.54, 1.807) is 24.4 Å². The molecule has 0 saturated carbocycles. The molecule has 3 rings (SSSR count). The lowest BCUT2D eigenvalue weighted by molar-refractivity contribution is -0.134. The monoisotopic (exact) mass is 345 g/mol. The van der Waals surface area contributed by atoms with Crippen LogP contribution in [0, 0.1) is 0 Å². The number of carbonyl (C=O) groups is 1. The van der Waals surface area contributed by atoms with Gasteiger partial charge in [0.2, 0.25) is 0 Å². The van der Waals surface area contributed by atoms with E-state index in [2.05, 4.69) is 4.98 Å². The molecule has 23 heavy (non-hydrogen) atoms. The first kappa shape index (κ1) is 15.8. The second-order valence-electron chi connectivity index (χ2n) is 5.04. The van der Waals surface area contributed by atoms with Gasteiger partial charge < -0.3 is 4.74 Å². The van der Waals surface area contributed by atoms with Gasteiger partial charge in [-0.25, -0.2) is 0 Å². The van der Waals surface area contributed by atoms with E-state index in [-0.39, 0.29) is 12.4 Å². The van der Waals surface area contributed by atoms with E-state index >= 15 is 0 Å². The molecule has 1 heterocycles. The molecule has 3 nitrogen and oxygen atoms in total. The molecule has 0 bridgehead atoms. The number of benzene rings is 2. The van der Waals surface area contributed by atoms with Crippen molar-refractivity contribution in [2.45, 2.75) is 12.8 Å². The number of fused-ring (bicyclic) bond motifs is 1. The summed E-state index contributed by atoms with van der Waals surface area (Å²) >= 11 is 12.0. The molecule has 5 heteroatoms. The van der Waals surface area contributed by atoms with Crippen molar-refractivity contribution < 1.29 is 9.53 Å². The second-order valence-corrected chi connectivity index (χ2v) is 5.88.